The summed E-state index contributed by atoms with van der Waals surface area (Å²) >= 11 is 1.88. The number of benzene rings is 9. The molecule has 3 heterocycles. The van der Waals surface area contributed by atoms with Gasteiger partial charge in [0.15, 0.2) is 0 Å². The Morgan fingerprint density at radius 3 is 1.55 bits per heavy atom. The van der Waals surface area contributed by atoms with Crippen LogP contribution in [0.15, 0.2) is 194 Å². The zero-order chi connectivity index (χ0) is 36.0. The average Bonchev–Trinajstić information content (AvgIpc) is 3.90. The topological polar surface area (TPSA) is 9.86 Å². The third kappa shape index (κ3) is 4.60. The van der Waals surface area contributed by atoms with Crippen LogP contribution in [-0.2, 0) is 0 Å². The van der Waals surface area contributed by atoms with Gasteiger partial charge in [-0.1, -0.05) is 133 Å². The van der Waals surface area contributed by atoms with E-state index in [0.717, 1.165) is 11.4 Å². The fourth-order valence-electron chi connectivity index (χ4n) is 8.92. The van der Waals surface area contributed by atoms with Crippen LogP contribution in [0, 0.1) is 0 Å². The molecular formula is C52H32N2S. The van der Waals surface area contributed by atoms with E-state index >= 15 is 0 Å². The Morgan fingerprint density at radius 2 is 0.855 bits per heavy atom. The minimum absolute atomic E-state index is 1.15. The van der Waals surface area contributed by atoms with Crippen LogP contribution < -0.4 is 0 Å². The van der Waals surface area contributed by atoms with Crippen LogP contribution in [0.1, 0.15) is 0 Å². The lowest BCUT2D eigenvalue weighted by Gasteiger charge is -2.12. The summed E-state index contributed by atoms with van der Waals surface area (Å²) in [5, 5.41) is 10.2. The highest BCUT2D eigenvalue weighted by Gasteiger charge is 2.19. The van der Waals surface area contributed by atoms with Gasteiger partial charge < -0.3 is 9.13 Å². The fourth-order valence-corrected chi connectivity index (χ4v) is 10.2. The first-order valence-corrected chi connectivity index (χ1v) is 19.7. The molecule has 0 unspecified atom stereocenters. The van der Waals surface area contributed by atoms with E-state index in [0.29, 0.717) is 0 Å². The Hall–Kier alpha value is -6.94. The minimum atomic E-state index is 1.15. The molecule has 0 spiro atoms. The molecule has 3 aromatic heterocycles. The van der Waals surface area contributed by atoms with Gasteiger partial charge in [0.25, 0.3) is 0 Å². The number of rotatable bonds is 4. The van der Waals surface area contributed by atoms with E-state index in [9.17, 15) is 0 Å². The van der Waals surface area contributed by atoms with Crippen molar-refractivity contribution in [3.63, 3.8) is 0 Å². The average molecular weight is 717 g/mol. The van der Waals surface area contributed by atoms with Crippen molar-refractivity contribution in [3.8, 4) is 33.6 Å². The monoisotopic (exact) mass is 716 g/mol. The zero-order valence-electron chi connectivity index (χ0n) is 29.8. The van der Waals surface area contributed by atoms with Gasteiger partial charge in [-0.15, -0.1) is 11.3 Å². The lowest BCUT2D eigenvalue weighted by atomic mass is 10.0. The summed E-state index contributed by atoms with van der Waals surface area (Å²) in [4.78, 5) is 0. The molecule has 2 nitrogen and oxygen atoms in total. The molecule has 0 aliphatic heterocycles. The van der Waals surface area contributed by atoms with Crippen LogP contribution in [0.3, 0.4) is 0 Å². The summed E-state index contributed by atoms with van der Waals surface area (Å²) in [7, 11) is 0. The number of hydrogen-bond donors (Lipinski definition) is 0. The Balaban J connectivity index is 1.03. The highest BCUT2D eigenvalue weighted by molar-refractivity contribution is 7.26. The zero-order valence-corrected chi connectivity index (χ0v) is 30.6. The Morgan fingerprint density at radius 1 is 0.309 bits per heavy atom. The van der Waals surface area contributed by atoms with Gasteiger partial charge in [-0.2, -0.15) is 0 Å². The summed E-state index contributed by atoms with van der Waals surface area (Å²) < 4.78 is 7.55. The molecule has 0 atom stereocenters. The van der Waals surface area contributed by atoms with Crippen LogP contribution in [0.2, 0.25) is 0 Å². The first kappa shape index (κ1) is 30.5. The fraction of sp³-hybridized carbons (Fsp3) is 0. The molecule has 0 bridgehead atoms. The lowest BCUT2D eigenvalue weighted by Crippen LogP contribution is -1.96. The standard InChI is InChI=1S/C52H32N2S/c1-2-11-36-30-37(21-20-33(36)10-1)34-22-26-38(27-23-34)53-47-17-6-3-12-41(47)45-31-46-42-13-4-7-18-48(42)54(50(46)32-49(45)53)39-28-24-35(25-29-39)40-15-9-16-44-43-14-5-8-19-51(43)55-52(40)44/h1-32H. The second kappa shape index (κ2) is 11.8. The van der Waals surface area contributed by atoms with Crippen LogP contribution >= 0.6 is 11.3 Å². The van der Waals surface area contributed by atoms with E-state index in [4.69, 9.17) is 0 Å². The molecule has 0 fully saturated rings. The van der Waals surface area contributed by atoms with Crippen LogP contribution in [0.25, 0.3) is 108 Å². The van der Waals surface area contributed by atoms with Crippen LogP contribution in [0.5, 0.6) is 0 Å². The molecule has 0 radical (unpaired) electrons. The number of hydrogen-bond acceptors (Lipinski definition) is 1. The van der Waals surface area contributed by atoms with Gasteiger partial charge in [0, 0.05) is 53.1 Å². The number of thiophene rings is 1. The molecule has 9 aromatic carbocycles. The number of aromatic nitrogens is 2. The maximum atomic E-state index is 2.44. The van der Waals surface area contributed by atoms with Crippen molar-refractivity contribution in [3.05, 3.63) is 194 Å². The number of fused-ring (bicyclic) bond motifs is 10. The van der Waals surface area contributed by atoms with E-state index in [1.807, 2.05) is 11.3 Å². The molecule has 0 aliphatic rings. The molecule has 0 saturated heterocycles. The van der Waals surface area contributed by atoms with Crippen LogP contribution in [0.4, 0.5) is 0 Å². The molecule has 12 aromatic rings. The Bertz CT molecular complexity index is 3470. The van der Waals surface area contributed by atoms with E-state index in [-0.39, 0.29) is 0 Å². The predicted molar refractivity (Wildman–Crippen MR) is 236 cm³/mol. The van der Waals surface area contributed by atoms with E-state index in [1.54, 1.807) is 0 Å². The number of nitrogens with zero attached hydrogens (tertiary/aromatic N) is 2. The van der Waals surface area contributed by atoms with Crippen molar-refractivity contribution in [2.45, 2.75) is 0 Å². The molecule has 0 saturated carbocycles. The van der Waals surface area contributed by atoms with Gasteiger partial charge in [-0.05, 0) is 93.7 Å². The quantitative estimate of drug-likeness (QED) is 0.172. The summed E-state index contributed by atoms with van der Waals surface area (Å²) in [6.45, 7) is 0. The second-order valence-corrected chi connectivity index (χ2v) is 15.6. The van der Waals surface area contributed by atoms with E-state index < -0.39 is 0 Å². The van der Waals surface area contributed by atoms with Crippen molar-refractivity contribution < 1.29 is 0 Å². The second-order valence-electron chi connectivity index (χ2n) is 14.5. The van der Waals surface area contributed by atoms with E-state index in [2.05, 4.69) is 203 Å². The maximum absolute atomic E-state index is 2.44. The predicted octanol–water partition coefficient (Wildman–Crippen LogP) is 14.7. The highest BCUT2D eigenvalue weighted by atomic mass is 32.1. The first-order chi connectivity index (χ1) is 27.3. The normalized spacial score (nSPS) is 12.0. The van der Waals surface area contributed by atoms with Crippen molar-refractivity contribution in [2.75, 3.05) is 0 Å². The molecule has 3 heteroatoms. The van der Waals surface area contributed by atoms with Gasteiger partial charge >= 0.3 is 0 Å². The number of para-hydroxylation sites is 2. The van der Waals surface area contributed by atoms with Crippen LogP contribution in [-0.4, -0.2) is 9.13 Å². The third-order valence-electron chi connectivity index (χ3n) is 11.5. The molecule has 55 heavy (non-hydrogen) atoms. The van der Waals surface area contributed by atoms with Crippen molar-refractivity contribution in [1.29, 1.82) is 0 Å². The largest absolute Gasteiger partial charge is 0.309 e. The summed E-state index contributed by atoms with van der Waals surface area (Å²) in [5.74, 6) is 0. The van der Waals surface area contributed by atoms with Gasteiger partial charge in [-0.3, -0.25) is 0 Å². The maximum Gasteiger partial charge on any atom is 0.0562 e. The smallest absolute Gasteiger partial charge is 0.0562 e. The van der Waals surface area contributed by atoms with E-state index in [1.165, 1.54) is 96.8 Å². The van der Waals surface area contributed by atoms with Gasteiger partial charge in [0.2, 0.25) is 0 Å². The molecular weight excluding hydrogens is 685 g/mol. The molecule has 0 N–H and O–H groups in total. The Labute approximate surface area is 321 Å². The first-order valence-electron chi connectivity index (χ1n) is 18.8. The summed E-state index contributed by atoms with van der Waals surface area (Å²) in [6, 6.07) is 71.4. The van der Waals surface area contributed by atoms with Gasteiger partial charge in [0.05, 0.1) is 22.1 Å². The van der Waals surface area contributed by atoms with Gasteiger partial charge in [-0.25, -0.2) is 0 Å². The highest BCUT2D eigenvalue weighted by Crippen LogP contribution is 2.42. The van der Waals surface area contributed by atoms with Gasteiger partial charge in [0.1, 0.15) is 0 Å². The molecule has 256 valence electrons. The summed E-state index contributed by atoms with van der Waals surface area (Å²) in [6.07, 6.45) is 0. The van der Waals surface area contributed by atoms with Crippen molar-refractivity contribution in [2.24, 2.45) is 0 Å². The summed E-state index contributed by atoms with van der Waals surface area (Å²) in [5.41, 5.74) is 12.1. The third-order valence-corrected chi connectivity index (χ3v) is 12.7. The van der Waals surface area contributed by atoms with Crippen molar-refractivity contribution >= 4 is 85.9 Å². The molecule has 0 aliphatic carbocycles. The molecule has 12 rings (SSSR count). The van der Waals surface area contributed by atoms with Crippen molar-refractivity contribution in [1.82, 2.24) is 9.13 Å². The minimum Gasteiger partial charge on any atom is -0.309 e. The lowest BCUT2D eigenvalue weighted by molar-refractivity contribution is 1.16. The Kier molecular flexibility index (Phi) is 6.54. The SMILES string of the molecule is c1ccc2cc(-c3ccc(-n4c5ccccc5c5cc6c7ccccc7n(-c7ccc(-c8cccc9c8sc8ccccc89)cc7)c6cc54)cc3)ccc2c1. The molecule has 0 amide bonds.